The van der Waals surface area contributed by atoms with E-state index in [0.717, 1.165) is 36.4 Å². The summed E-state index contributed by atoms with van der Waals surface area (Å²) >= 11 is 0. The lowest BCUT2D eigenvalue weighted by molar-refractivity contribution is -0.129. The smallest absolute Gasteiger partial charge is 0.231 e. The monoisotopic (exact) mass is 381 g/mol. The van der Waals surface area contributed by atoms with E-state index in [1.165, 1.54) is 0 Å². The Labute approximate surface area is 165 Å². The third-order valence-electron chi connectivity index (χ3n) is 5.49. The minimum Gasteiger partial charge on any atom is -0.508 e. The number of nitrogens with zero attached hydrogens (tertiary/aromatic N) is 2. The van der Waals surface area contributed by atoms with Crippen molar-refractivity contribution in [1.29, 1.82) is 0 Å². The highest BCUT2D eigenvalue weighted by Gasteiger charge is 2.27. The lowest BCUT2D eigenvalue weighted by Crippen LogP contribution is -2.37. The van der Waals surface area contributed by atoms with Crippen molar-refractivity contribution in [2.75, 3.05) is 30.4 Å². The first-order valence-electron chi connectivity index (χ1n) is 9.53. The molecule has 2 aromatic carbocycles. The minimum absolute atomic E-state index is 0.0904. The largest absolute Gasteiger partial charge is 0.508 e. The van der Waals surface area contributed by atoms with Crippen molar-refractivity contribution in [3.05, 3.63) is 54.1 Å². The molecule has 0 bridgehead atoms. The maximum absolute atomic E-state index is 12.5. The summed E-state index contributed by atoms with van der Waals surface area (Å²) < 4.78 is 0. The van der Waals surface area contributed by atoms with Crippen molar-refractivity contribution in [2.45, 2.75) is 32.2 Å². The van der Waals surface area contributed by atoms with Gasteiger partial charge in [-0.15, -0.1) is 0 Å². The third kappa shape index (κ3) is 4.44. The molecule has 2 unspecified atom stereocenters. The van der Waals surface area contributed by atoms with Crippen LogP contribution in [0.1, 0.15) is 31.7 Å². The van der Waals surface area contributed by atoms with Crippen molar-refractivity contribution < 1.29 is 14.7 Å². The standard InChI is InChI=1S/C22H27N3O3/c1-15(17-4-10-21(27)11-5-17)22(28)23-18-6-8-19(9-7-18)25-13-12-20(14-25)24(3)16(2)26/h4-11,15,20,27H,12-14H2,1-3H3,(H,23,28). The molecule has 28 heavy (non-hydrogen) atoms. The number of rotatable bonds is 5. The van der Waals surface area contributed by atoms with Gasteiger partial charge in [0.1, 0.15) is 5.75 Å². The number of phenolic OH excluding ortho intramolecular Hbond substituents is 1. The summed E-state index contributed by atoms with van der Waals surface area (Å²) in [5.41, 5.74) is 2.68. The number of anilines is 2. The predicted octanol–water partition coefficient (Wildman–Crippen LogP) is 3.19. The number of carbonyl (C=O) groups is 2. The molecule has 6 heteroatoms. The fourth-order valence-corrected chi connectivity index (χ4v) is 3.47. The van der Waals surface area contributed by atoms with Gasteiger partial charge in [-0.25, -0.2) is 0 Å². The summed E-state index contributed by atoms with van der Waals surface area (Å²) in [5.74, 6) is -0.136. The van der Waals surface area contributed by atoms with Gasteiger partial charge in [-0.2, -0.15) is 0 Å². The second kappa shape index (κ2) is 8.33. The Bertz CT molecular complexity index is 833. The van der Waals surface area contributed by atoms with E-state index in [-0.39, 0.29) is 29.5 Å². The Morgan fingerprint density at radius 3 is 2.39 bits per heavy atom. The number of hydrogen-bond donors (Lipinski definition) is 2. The SMILES string of the molecule is CC(=O)N(C)C1CCN(c2ccc(NC(=O)C(C)c3ccc(O)cc3)cc2)C1. The molecule has 2 amide bonds. The summed E-state index contributed by atoms with van der Waals surface area (Å²) in [5, 5.41) is 12.3. The van der Waals surface area contributed by atoms with Crippen molar-refractivity contribution >= 4 is 23.2 Å². The first-order chi connectivity index (χ1) is 13.3. The van der Waals surface area contributed by atoms with Crippen LogP contribution in [0.5, 0.6) is 5.75 Å². The summed E-state index contributed by atoms with van der Waals surface area (Å²) in [6.45, 7) is 5.16. The second-order valence-electron chi connectivity index (χ2n) is 7.37. The van der Waals surface area contributed by atoms with Gasteiger partial charge in [0, 0.05) is 38.4 Å². The first kappa shape index (κ1) is 19.7. The fourth-order valence-electron chi connectivity index (χ4n) is 3.47. The Hall–Kier alpha value is -3.02. The molecule has 2 atom stereocenters. The molecule has 1 saturated heterocycles. The molecule has 0 aliphatic carbocycles. The highest BCUT2D eigenvalue weighted by molar-refractivity contribution is 5.95. The molecule has 0 saturated carbocycles. The van der Waals surface area contributed by atoms with Crippen molar-refractivity contribution in [1.82, 2.24) is 4.90 Å². The number of aromatic hydroxyl groups is 1. The molecule has 2 aromatic rings. The predicted molar refractivity (Wildman–Crippen MR) is 111 cm³/mol. The zero-order chi connectivity index (χ0) is 20.3. The summed E-state index contributed by atoms with van der Waals surface area (Å²) in [4.78, 5) is 28.1. The van der Waals surface area contributed by atoms with Gasteiger partial charge in [-0.05, 0) is 55.3 Å². The highest BCUT2D eigenvalue weighted by atomic mass is 16.3. The molecule has 1 heterocycles. The number of benzene rings is 2. The average Bonchev–Trinajstić information content (AvgIpc) is 3.18. The lowest BCUT2D eigenvalue weighted by Gasteiger charge is -2.24. The Morgan fingerprint density at radius 2 is 1.79 bits per heavy atom. The van der Waals surface area contributed by atoms with Gasteiger partial charge in [-0.1, -0.05) is 12.1 Å². The van der Waals surface area contributed by atoms with Crippen molar-refractivity contribution in [3.63, 3.8) is 0 Å². The Morgan fingerprint density at radius 1 is 1.14 bits per heavy atom. The molecule has 1 aliphatic heterocycles. The molecule has 0 aromatic heterocycles. The quantitative estimate of drug-likeness (QED) is 0.834. The van der Waals surface area contributed by atoms with Gasteiger partial charge in [0.15, 0.2) is 0 Å². The number of nitrogens with one attached hydrogen (secondary N) is 1. The van der Waals surface area contributed by atoms with Crippen molar-refractivity contribution in [3.8, 4) is 5.75 Å². The summed E-state index contributed by atoms with van der Waals surface area (Å²) in [7, 11) is 1.85. The molecule has 3 rings (SSSR count). The van der Waals surface area contributed by atoms with Crippen LogP contribution in [0, 0.1) is 0 Å². The van der Waals surface area contributed by atoms with Crippen LogP contribution in [0.25, 0.3) is 0 Å². The van der Waals surface area contributed by atoms with Gasteiger partial charge in [0.05, 0.1) is 12.0 Å². The molecule has 0 radical (unpaired) electrons. The molecule has 6 nitrogen and oxygen atoms in total. The molecule has 0 spiro atoms. The van der Waals surface area contributed by atoms with E-state index in [2.05, 4.69) is 10.2 Å². The molecule has 148 valence electrons. The van der Waals surface area contributed by atoms with Crippen LogP contribution in [-0.2, 0) is 9.59 Å². The zero-order valence-corrected chi connectivity index (χ0v) is 16.6. The van der Waals surface area contributed by atoms with Crippen LogP contribution in [0.2, 0.25) is 0 Å². The number of phenols is 1. The van der Waals surface area contributed by atoms with E-state index < -0.39 is 0 Å². The second-order valence-corrected chi connectivity index (χ2v) is 7.37. The van der Waals surface area contributed by atoms with E-state index >= 15 is 0 Å². The van der Waals surface area contributed by atoms with Crippen LogP contribution in [0.4, 0.5) is 11.4 Å². The minimum atomic E-state index is -0.318. The normalized spacial score (nSPS) is 17.2. The molecule has 2 N–H and O–H groups in total. The molecular formula is C22H27N3O3. The number of likely N-dealkylation sites (N-methyl/N-ethyl adjacent to an activating group) is 1. The topological polar surface area (TPSA) is 72.9 Å². The Balaban J connectivity index is 1.59. The molecular weight excluding hydrogens is 354 g/mol. The van der Waals surface area contributed by atoms with E-state index in [1.54, 1.807) is 36.1 Å². The van der Waals surface area contributed by atoms with E-state index in [4.69, 9.17) is 0 Å². The summed E-state index contributed by atoms with van der Waals surface area (Å²) in [6.07, 6.45) is 0.957. The zero-order valence-electron chi connectivity index (χ0n) is 16.6. The van der Waals surface area contributed by atoms with Gasteiger partial charge in [0.25, 0.3) is 0 Å². The molecule has 1 aliphatic rings. The van der Waals surface area contributed by atoms with Gasteiger partial charge < -0.3 is 20.2 Å². The molecule has 1 fully saturated rings. The fraction of sp³-hybridized carbons (Fsp3) is 0.364. The maximum Gasteiger partial charge on any atom is 0.231 e. The van der Waals surface area contributed by atoms with Gasteiger partial charge >= 0.3 is 0 Å². The van der Waals surface area contributed by atoms with Crippen LogP contribution in [-0.4, -0.2) is 48.0 Å². The average molecular weight is 381 g/mol. The third-order valence-corrected chi connectivity index (χ3v) is 5.49. The lowest BCUT2D eigenvalue weighted by atomic mass is 10.0. The van der Waals surface area contributed by atoms with Crippen LogP contribution in [0.3, 0.4) is 0 Å². The first-order valence-corrected chi connectivity index (χ1v) is 9.53. The van der Waals surface area contributed by atoms with Crippen LogP contribution >= 0.6 is 0 Å². The van der Waals surface area contributed by atoms with E-state index in [1.807, 2.05) is 38.2 Å². The number of carbonyl (C=O) groups excluding carboxylic acids is 2. The Kier molecular flexibility index (Phi) is 5.87. The van der Waals surface area contributed by atoms with Crippen LogP contribution < -0.4 is 10.2 Å². The van der Waals surface area contributed by atoms with Gasteiger partial charge in [0.2, 0.25) is 11.8 Å². The van der Waals surface area contributed by atoms with E-state index in [9.17, 15) is 14.7 Å². The maximum atomic E-state index is 12.5. The van der Waals surface area contributed by atoms with Gasteiger partial charge in [-0.3, -0.25) is 9.59 Å². The van der Waals surface area contributed by atoms with Crippen LogP contribution in [0.15, 0.2) is 48.5 Å². The highest BCUT2D eigenvalue weighted by Crippen LogP contribution is 2.25. The summed E-state index contributed by atoms with van der Waals surface area (Å²) in [6, 6.07) is 14.7. The van der Waals surface area contributed by atoms with E-state index in [0.29, 0.717) is 0 Å². The number of amides is 2. The number of hydrogen-bond acceptors (Lipinski definition) is 4. The van der Waals surface area contributed by atoms with Crippen molar-refractivity contribution in [2.24, 2.45) is 0 Å².